The highest BCUT2D eigenvalue weighted by atomic mass is 31.2. The summed E-state index contributed by atoms with van der Waals surface area (Å²) in [6, 6.07) is 37.8. The van der Waals surface area contributed by atoms with E-state index in [1.807, 2.05) is 43.3 Å². The average Bonchev–Trinajstić information content (AvgIpc) is 2.91. The zero-order valence-corrected chi connectivity index (χ0v) is 20.7. The number of nitrogens with zero attached hydrogens (tertiary/aromatic N) is 1. The normalized spacial score (nSPS) is 12.4. The van der Waals surface area contributed by atoms with Crippen LogP contribution in [0.5, 0.6) is 6.08 Å². The molecule has 1 atom stereocenters. The van der Waals surface area contributed by atoms with Crippen LogP contribution < -0.4 is 26.3 Å². The second-order valence-electron chi connectivity index (χ2n) is 8.35. The Morgan fingerprint density at radius 3 is 1.77 bits per heavy atom. The molecule has 4 nitrogen and oxygen atoms in total. The summed E-state index contributed by atoms with van der Waals surface area (Å²) in [6.07, 6.45) is 0.00467. The van der Waals surface area contributed by atoms with Gasteiger partial charge in [0, 0.05) is 5.56 Å². The van der Waals surface area contributed by atoms with E-state index in [0.717, 1.165) is 5.56 Å². The summed E-state index contributed by atoms with van der Waals surface area (Å²) < 4.78 is 10.9. The first kappa shape index (κ1) is 23.0. The largest absolute Gasteiger partial charge is 0.450 e. The lowest BCUT2D eigenvalue weighted by atomic mass is 10.1. The lowest BCUT2D eigenvalue weighted by Gasteiger charge is -2.33. The summed E-state index contributed by atoms with van der Waals surface area (Å²) in [5, 5.41) is 4.27. The SMILES string of the molecule is CCOc1nc2cccc(C(C)[P+](c3ccccc3)(c3ccccc3)c3ccccc3)c2c(=O)o1. The van der Waals surface area contributed by atoms with Crippen molar-refractivity contribution in [1.82, 2.24) is 4.98 Å². The smallest absolute Gasteiger partial charge is 0.397 e. The van der Waals surface area contributed by atoms with E-state index in [2.05, 4.69) is 84.7 Å². The average molecular weight is 481 g/mol. The summed E-state index contributed by atoms with van der Waals surface area (Å²) in [5.41, 5.74) is 1.06. The molecule has 0 aliphatic heterocycles. The highest BCUT2D eigenvalue weighted by Gasteiger charge is 2.51. The fraction of sp³-hybridized carbons (Fsp3) is 0.133. The molecule has 174 valence electrons. The Morgan fingerprint density at radius 2 is 1.29 bits per heavy atom. The van der Waals surface area contributed by atoms with Gasteiger partial charge in [0.1, 0.15) is 28.8 Å². The molecule has 0 spiro atoms. The van der Waals surface area contributed by atoms with Gasteiger partial charge >= 0.3 is 11.7 Å². The molecule has 1 unspecified atom stereocenters. The lowest BCUT2D eigenvalue weighted by Crippen LogP contribution is -2.34. The Kier molecular flexibility index (Phi) is 6.48. The second kappa shape index (κ2) is 9.85. The van der Waals surface area contributed by atoms with Crippen LogP contribution >= 0.6 is 7.26 Å². The number of fused-ring (bicyclic) bond motifs is 1. The maximum absolute atomic E-state index is 13.3. The predicted molar refractivity (Wildman–Crippen MR) is 145 cm³/mol. The van der Waals surface area contributed by atoms with Gasteiger partial charge in [0.2, 0.25) is 0 Å². The van der Waals surface area contributed by atoms with Crippen LogP contribution in [0.4, 0.5) is 0 Å². The Bertz CT molecular complexity index is 1390. The van der Waals surface area contributed by atoms with Gasteiger partial charge in [-0.05, 0) is 56.3 Å². The topological polar surface area (TPSA) is 52.3 Å². The minimum absolute atomic E-state index is 0.00467. The van der Waals surface area contributed by atoms with Crippen molar-refractivity contribution in [2.45, 2.75) is 19.5 Å². The van der Waals surface area contributed by atoms with Crippen LogP contribution in [0.1, 0.15) is 25.1 Å². The van der Waals surface area contributed by atoms with Crippen molar-refractivity contribution < 1.29 is 9.15 Å². The summed E-state index contributed by atoms with van der Waals surface area (Å²) >= 11 is 0. The van der Waals surface area contributed by atoms with Gasteiger partial charge in [-0.2, -0.15) is 4.98 Å². The van der Waals surface area contributed by atoms with Gasteiger partial charge in [0.05, 0.1) is 17.5 Å². The van der Waals surface area contributed by atoms with Gasteiger partial charge in [-0.25, -0.2) is 4.79 Å². The van der Waals surface area contributed by atoms with Crippen molar-refractivity contribution in [2.24, 2.45) is 0 Å². The minimum atomic E-state index is -2.25. The van der Waals surface area contributed by atoms with Crippen molar-refractivity contribution in [2.75, 3.05) is 6.61 Å². The molecule has 0 bridgehead atoms. The highest BCUT2D eigenvalue weighted by Crippen LogP contribution is 2.66. The quantitative estimate of drug-likeness (QED) is 0.283. The summed E-state index contributed by atoms with van der Waals surface area (Å²) in [7, 11) is -2.25. The molecule has 0 N–H and O–H groups in total. The molecule has 5 aromatic rings. The maximum atomic E-state index is 13.3. The van der Waals surface area contributed by atoms with Gasteiger partial charge in [-0.3, -0.25) is 0 Å². The molecule has 5 heteroatoms. The maximum Gasteiger partial charge on any atom is 0.397 e. The van der Waals surface area contributed by atoms with E-state index in [9.17, 15) is 4.79 Å². The summed E-state index contributed by atoms with van der Waals surface area (Å²) in [4.78, 5) is 17.8. The minimum Gasteiger partial charge on any atom is -0.450 e. The van der Waals surface area contributed by atoms with Crippen LogP contribution in [-0.2, 0) is 0 Å². The van der Waals surface area contributed by atoms with Gasteiger partial charge in [0.25, 0.3) is 0 Å². The fourth-order valence-corrected chi connectivity index (χ4v) is 9.77. The molecule has 35 heavy (non-hydrogen) atoms. The third kappa shape index (κ3) is 4.05. The molecule has 1 aromatic heterocycles. The van der Waals surface area contributed by atoms with Gasteiger partial charge in [-0.1, -0.05) is 66.7 Å². The lowest BCUT2D eigenvalue weighted by molar-refractivity contribution is 0.229. The van der Waals surface area contributed by atoms with Gasteiger partial charge in [-0.15, -0.1) is 0 Å². The molecular formula is C30H27NO3P+. The molecule has 0 saturated carbocycles. The molecule has 0 aliphatic carbocycles. The van der Waals surface area contributed by atoms with E-state index in [-0.39, 0.29) is 11.7 Å². The van der Waals surface area contributed by atoms with Gasteiger partial charge in [0.15, 0.2) is 0 Å². The van der Waals surface area contributed by atoms with Crippen molar-refractivity contribution in [3.63, 3.8) is 0 Å². The molecule has 5 rings (SSSR count). The fourth-order valence-electron chi connectivity index (χ4n) is 4.97. The van der Waals surface area contributed by atoms with E-state index < -0.39 is 12.9 Å². The molecule has 0 amide bonds. The van der Waals surface area contributed by atoms with E-state index in [4.69, 9.17) is 9.15 Å². The van der Waals surface area contributed by atoms with Crippen LogP contribution in [0.15, 0.2) is 118 Å². The van der Waals surface area contributed by atoms with Crippen LogP contribution in [0.25, 0.3) is 10.9 Å². The Hall–Kier alpha value is -3.75. The monoisotopic (exact) mass is 480 g/mol. The zero-order valence-electron chi connectivity index (χ0n) is 19.8. The molecular weight excluding hydrogens is 453 g/mol. The third-order valence-corrected chi connectivity index (χ3v) is 11.2. The molecule has 0 saturated heterocycles. The van der Waals surface area contributed by atoms with E-state index in [1.165, 1.54) is 15.9 Å². The zero-order chi connectivity index (χ0) is 24.3. The van der Waals surface area contributed by atoms with Crippen molar-refractivity contribution in [1.29, 1.82) is 0 Å². The van der Waals surface area contributed by atoms with E-state index in [0.29, 0.717) is 17.5 Å². The first-order valence-corrected chi connectivity index (χ1v) is 13.6. The number of hydrogen-bond donors (Lipinski definition) is 0. The van der Waals surface area contributed by atoms with E-state index in [1.54, 1.807) is 0 Å². The van der Waals surface area contributed by atoms with Crippen LogP contribution in [0, 0.1) is 0 Å². The number of rotatable bonds is 7. The van der Waals surface area contributed by atoms with Crippen LogP contribution in [-0.4, -0.2) is 11.6 Å². The third-order valence-electron chi connectivity index (χ3n) is 6.46. The second-order valence-corrected chi connectivity index (χ2v) is 12.1. The molecule has 0 fully saturated rings. The van der Waals surface area contributed by atoms with Crippen molar-refractivity contribution in [3.05, 3.63) is 125 Å². The van der Waals surface area contributed by atoms with E-state index >= 15 is 0 Å². The van der Waals surface area contributed by atoms with Crippen LogP contribution in [0.2, 0.25) is 0 Å². The molecule has 4 aromatic carbocycles. The number of aromatic nitrogens is 1. The van der Waals surface area contributed by atoms with Crippen molar-refractivity contribution in [3.8, 4) is 6.08 Å². The summed E-state index contributed by atoms with van der Waals surface area (Å²) in [6.45, 7) is 4.44. The first-order valence-electron chi connectivity index (χ1n) is 11.8. The number of benzene rings is 4. The predicted octanol–water partition coefficient (Wildman–Crippen LogP) is 5.64. The first-order chi connectivity index (χ1) is 17.2. The van der Waals surface area contributed by atoms with Gasteiger partial charge < -0.3 is 9.15 Å². The number of hydrogen-bond acceptors (Lipinski definition) is 4. The molecule has 0 radical (unpaired) electrons. The summed E-state index contributed by atoms with van der Waals surface area (Å²) in [5.74, 6) is 0. The van der Waals surface area contributed by atoms with Crippen molar-refractivity contribution >= 4 is 34.1 Å². The van der Waals surface area contributed by atoms with Crippen LogP contribution in [0.3, 0.4) is 0 Å². The highest BCUT2D eigenvalue weighted by molar-refractivity contribution is 7.96. The Morgan fingerprint density at radius 1 is 0.771 bits per heavy atom. The standard InChI is InChI=1S/C30H27NO3P/c1-3-33-30-31-27-21-13-20-26(28(27)29(32)34-30)22(2)35(23-14-7-4-8-15-23,24-16-9-5-10-17-24)25-18-11-6-12-19-25/h4-22H,3H2,1-2H3/q+1. The Labute approximate surface area is 205 Å². The Balaban J connectivity index is 1.85. The number of ether oxygens (including phenoxy) is 1. The molecule has 0 aliphatic rings. The molecule has 1 heterocycles.